The van der Waals surface area contributed by atoms with Gasteiger partial charge in [-0.25, -0.2) is 0 Å². The van der Waals surface area contributed by atoms with E-state index in [2.05, 4.69) is 10.1 Å². The Morgan fingerprint density at radius 2 is 1.97 bits per heavy atom. The maximum atomic E-state index is 12.6. The minimum absolute atomic E-state index is 0.0356. The highest BCUT2D eigenvalue weighted by Crippen LogP contribution is 2.34. The van der Waals surface area contributed by atoms with Crippen LogP contribution in [0.3, 0.4) is 0 Å². The van der Waals surface area contributed by atoms with Crippen molar-refractivity contribution in [1.82, 2.24) is 5.01 Å². The summed E-state index contributed by atoms with van der Waals surface area (Å²) in [6, 6.07) is 11.1. The van der Waals surface area contributed by atoms with Crippen LogP contribution in [0.5, 0.6) is 0 Å². The van der Waals surface area contributed by atoms with Crippen LogP contribution in [-0.4, -0.2) is 27.0 Å². The van der Waals surface area contributed by atoms with Crippen molar-refractivity contribution in [3.63, 3.8) is 0 Å². The summed E-state index contributed by atoms with van der Waals surface area (Å²) in [6.45, 7) is 0. The highest BCUT2D eigenvalue weighted by molar-refractivity contribution is 8.26. The normalized spacial score (nSPS) is 20.3. The number of nitrogens with one attached hydrogen (secondary N) is 1. The Morgan fingerprint density at radius 3 is 2.76 bits per heavy atom. The van der Waals surface area contributed by atoms with E-state index in [4.69, 9.17) is 21.4 Å². The van der Waals surface area contributed by atoms with Gasteiger partial charge in [0.25, 0.3) is 5.91 Å². The van der Waals surface area contributed by atoms with E-state index in [1.165, 1.54) is 60.6 Å². The molecule has 3 heterocycles. The number of carbonyl (C=O) groups is 1. The summed E-state index contributed by atoms with van der Waals surface area (Å²) < 4.78 is 5.85. The average molecular weight is 499 g/mol. The summed E-state index contributed by atoms with van der Waals surface area (Å²) >= 11 is 8.80. The van der Waals surface area contributed by atoms with Gasteiger partial charge in [-0.15, -0.1) is 0 Å². The molecular formula is C24H23ClN4O2S2. The van der Waals surface area contributed by atoms with Gasteiger partial charge < -0.3 is 4.42 Å². The number of furan rings is 1. The largest absolute Gasteiger partial charge is 0.450 e. The molecule has 1 aliphatic carbocycles. The molecule has 33 heavy (non-hydrogen) atoms. The SMILES string of the molecule is N=C1/C(=C\c2ccc(Sc3ccc(Cl)cc3)o2)C(=O)N=C2SC(CCC3CCCCC3)=NN12. The molecule has 1 saturated carbocycles. The summed E-state index contributed by atoms with van der Waals surface area (Å²) in [5.41, 5.74) is 0.175. The van der Waals surface area contributed by atoms with Crippen molar-refractivity contribution in [1.29, 1.82) is 5.41 Å². The molecular weight excluding hydrogens is 476 g/mol. The molecule has 0 bridgehead atoms. The first kappa shape index (κ1) is 22.5. The fourth-order valence-electron chi connectivity index (χ4n) is 4.16. The van der Waals surface area contributed by atoms with Gasteiger partial charge in [-0.3, -0.25) is 10.2 Å². The Hall–Kier alpha value is -2.29. The molecule has 0 saturated heterocycles. The monoisotopic (exact) mass is 498 g/mol. The molecule has 1 amide bonds. The van der Waals surface area contributed by atoms with Crippen molar-refractivity contribution in [2.75, 3.05) is 0 Å². The first-order valence-electron chi connectivity index (χ1n) is 11.1. The van der Waals surface area contributed by atoms with Gasteiger partial charge in [0.2, 0.25) is 5.17 Å². The standard InChI is InChI=1S/C24H23ClN4O2S2/c25-16-7-10-18(11-8-16)32-21-13-9-17(31-21)14-19-22(26)29-24(27-23(19)30)33-20(28-29)12-6-15-4-2-1-3-5-15/h7-11,13-15,26H,1-6,12H2/b19-14+,26-22?. The van der Waals surface area contributed by atoms with Gasteiger partial charge >= 0.3 is 0 Å². The Bertz CT molecular complexity index is 1160. The van der Waals surface area contributed by atoms with Gasteiger partial charge in [0.15, 0.2) is 10.9 Å². The van der Waals surface area contributed by atoms with Gasteiger partial charge in [-0.2, -0.15) is 15.1 Å². The second kappa shape index (κ2) is 9.91. The van der Waals surface area contributed by atoms with E-state index < -0.39 is 5.91 Å². The van der Waals surface area contributed by atoms with Gasteiger partial charge in [0.05, 0.1) is 5.57 Å². The van der Waals surface area contributed by atoms with E-state index in [-0.39, 0.29) is 11.4 Å². The minimum Gasteiger partial charge on any atom is -0.450 e. The van der Waals surface area contributed by atoms with Crippen LogP contribution in [-0.2, 0) is 4.79 Å². The van der Waals surface area contributed by atoms with Crippen LogP contribution in [0.2, 0.25) is 5.02 Å². The fourth-order valence-corrected chi connectivity index (χ4v) is 5.97. The zero-order chi connectivity index (χ0) is 22.8. The number of hydrogen-bond acceptors (Lipinski definition) is 6. The predicted molar refractivity (Wildman–Crippen MR) is 135 cm³/mol. The predicted octanol–water partition coefficient (Wildman–Crippen LogP) is 7.06. The molecule has 5 rings (SSSR count). The molecule has 2 aliphatic heterocycles. The Morgan fingerprint density at radius 1 is 1.18 bits per heavy atom. The number of fused-ring (bicyclic) bond motifs is 1. The van der Waals surface area contributed by atoms with Crippen molar-refractivity contribution in [2.45, 2.75) is 54.9 Å². The maximum Gasteiger partial charge on any atom is 0.283 e. The lowest BCUT2D eigenvalue weighted by molar-refractivity contribution is -0.114. The van der Waals surface area contributed by atoms with Crippen molar-refractivity contribution in [3.8, 4) is 0 Å². The number of amides is 1. The van der Waals surface area contributed by atoms with Crippen LogP contribution in [0.4, 0.5) is 0 Å². The van der Waals surface area contributed by atoms with Crippen molar-refractivity contribution < 1.29 is 9.21 Å². The molecule has 0 atom stereocenters. The minimum atomic E-state index is -0.439. The molecule has 1 N–H and O–H groups in total. The quantitative estimate of drug-likeness (QED) is 0.431. The number of amidine groups is 2. The number of carbonyl (C=O) groups excluding carboxylic acids is 1. The number of hydrazone groups is 1. The summed E-state index contributed by atoms with van der Waals surface area (Å²) in [5, 5.41) is 17.4. The van der Waals surface area contributed by atoms with E-state index >= 15 is 0 Å². The van der Waals surface area contributed by atoms with E-state index in [1.807, 2.05) is 30.3 Å². The molecule has 1 aromatic carbocycles. The van der Waals surface area contributed by atoms with Gasteiger partial charge in [0.1, 0.15) is 10.8 Å². The van der Waals surface area contributed by atoms with Crippen LogP contribution in [0, 0.1) is 11.3 Å². The molecule has 3 aliphatic rings. The molecule has 6 nitrogen and oxygen atoms in total. The topological polar surface area (TPSA) is 82.0 Å². The lowest BCUT2D eigenvalue weighted by Crippen LogP contribution is -2.35. The highest BCUT2D eigenvalue weighted by atomic mass is 35.5. The summed E-state index contributed by atoms with van der Waals surface area (Å²) in [6.07, 6.45) is 10.1. The number of nitrogens with zero attached hydrogens (tertiary/aromatic N) is 3. The van der Waals surface area contributed by atoms with Crippen LogP contribution in [0.25, 0.3) is 6.08 Å². The average Bonchev–Trinajstić information content (AvgIpc) is 3.44. The van der Waals surface area contributed by atoms with Crippen LogP contribution >= 0.6 is 35.1 Å². The summed E-state index contributed by atoms with van der Waals surface area (Å²) in [5.74, 6) is 0.850. The van der Waals surface area contributed by atoms with E-state index in [0.29, 0.717) is 21.0 Å². The second-order valence-corrected chi connectivity index (χ2v) is 10.8. The zero-order valence-corrected chi connectivity index (χ0v) is 20.3. The number of thioether (sulfide) groups is 1. The lowest BCUT2D eigenvalue weighted by Gasteiger charge is -2.20. The smallest absolute Gasteiger partial charge is 0.283 e. The summed E-state index contributed by atoms with van der Waals surface area (Å²) in [7, 11) is 0. The van der Waals surface area contributed by atoms with Gasteiger partial charge in [-0.05, 0) is 73.0 Å². The molecule has 9 heteroatoms. The molecule has 0 radical (unpaired) electrons. The third-order valence-corrected chi connectivity index (χ3v) is 8.06. The molecule has 2 aromatic rings. The van der Waals surface area contributed by atoms with Crippen molar-refractivity contribution in [2.24, 2.45) is 16.0 Å². The van der Waals surface area contributed by atoms with E-state index in [0.717, 1.165) is 28.7 Å². The first-order valence-corrected chi connectivity index (χ1v) is 13.1. The Labute approximate surface area is 206 Å². The third-order valence-electron chi connectivity index (χ3n) is 5.91. The van der Waals surface area contributed by atoms with Crippen molar-refractivity contribution in [3.05, 3.63) is 52.8 Å². The molecule has 1 fully saturated rings. The number of hydrogen-bond donors (Lipinski definition) is 1. The second-order valence-electron chi connectivity index (χ2n) is 8.27. The lowest BCUT2D eigenvalue weighted by atomic mass is 9.86. The van der Waals surface area contributed by atoms with Crippen molar-refractivity contribution >= 4 is 63.2 Å². The molecule has 0 unspecified atom stereocenters. The van der Waals surface area contributed by atoms with Crippen LogP contribution < -0.4 is 0 Å². The maximum absolute atomic E-state index is 12.6. The molecule has 0 spiro atoms. The van der Waals surface area contributed by atoms with Crippen LogP contribution in [0.15, 0.2) is 66.5 Å². The Kier molecular flexibility index (Phi) is 6.76. The highest BCUT2D eigenvalue weighted by Gasteiger charge is 2.35. The number of rotatable bonds is 6. The molecule has 170 valence electrons. The van der Waals surface area contributed by atoms with Gasteiger partial charge in [0, 0.05) is 9.92 Å². The number of benzene rings is 1. The fraction of sp³-hybridized carbons (Fsp3) is 0.333. The third kappa shape index (κ3) is 5.28. The number of halogens is 1. The van der Waals surface area contributed by atoms with Crippen LogP contribution in [0.1, 0.15) is 50.7 Å². The summed E-state index contributed by atoms with van der Waals surface area (Å²) in [4.78, 5) is 17.8. The molecule has 1 aromatic heterocycles. The van der Waals surface area contributed by atoms with Gasteiger partial charge in [-0.1, -0.05) is 55.5 Å². The first-order chi connectivity index (χ1) is 16.0. The zero-order valence-electron chi connectivity index (χ0n) is 17.9. The number of aliphatic imine (C=N–C) groups is 1. The van der Waals surface area contributed by atoms with E-state index in [1.54, 1.807) is 12.1 Å². The Balaban J connectivity index is 1.27. The van der Waals surface area contributed by atoms with E-state index in [9.17, 15) is 4.79 Å².